The van der Waals surface area contributed by atoms with Gasteiger partial charge in [0.2, 0.25) is 5.91 Å². The number of carboxylic acids is 1. The van der Waals surface area contributed by atoms with Crippen LogP contribution >= 0.6 is 0 Å². The van der Waals surface area contributed by atoms with Crippen LogP contribution in [-0.2, 0) is 20.7 Å². The van der Waals surface area contributed by atoms with E-state index in [9.17, 15) is 24.3 Å². The van der Waals surface area contributed by atoms with E-state index in [2.05, 4.69) is 15.3 Å². The van der Waals surface area contributed by atoms with Crippen LogP contribution in [0.4, 0.5) is 4.79 Å². The third kappa shape index (κ3) is 8.60. The summed E-state index contributed by atoms with van der Waals surface area (Å²) in [6.45, 7) is 2.81. The van der Waals surface area contributed by atoms with Crippen LogP contribution in [0.5, 0.6) is 0 Å². The SMILES string of the molecule is CCOC(=O)N1CCN(C(=O)C(CCC(=O)O)NC(=O)c2cc(C/C=C/CO)nc(-c3ccccc3)n2)CC1. The molecule has 1 aliphatic rings. The minimum absolute atomic E-state index is 0.0245. The average molecular weight is 540 g/mol. The molecular weight excluding hydrogens is 506 g/mol. The minimum atomic E-state index is -1.10. The summed E-state index contributed by atoms with van der Waals surface area (Å²) in [5.41, 5.74) is 1.25. The molecule has 2 heterocycles. The Balaban J connectivity index is 1.80. The van der Waals surface area contributed by atoms with Gasteiger partial charge in [-0.3, -0.25) is 14.4 Å². The molecule has 12 heteroatoms. The Morgan fingerprint density at radius 1 is 1.05 bits per heavy atom. The number of piperazine rings is 1. The van der Waals surface area contributed by atoms with Crippen molar-refractivity contribution in [3.05, 3.63) is 59.9 Å². The highest BCUT2D eigenvalue weighted by Crippen LogP contribution is 2.17. The number of carbonyl (C=O) groups excluding carboxylic acids is 3. The molecule has 1 fully saturated rings. The van der Waals surface area contributed by atoms with Gasteiger partial charge >= 0.3 is 12.1 Å². The lowest BCUT2D eigenvalue weighted by Gasteiger charge is -2.35. The number of allylic oxidation sites excluding steroid dienone is 1. The fraction of sp³-hybridized carbons (Fsp3) is 0.407. The summed E-state index contributed by atoms with van der Waals surface area (Å²) in [7, 11) is 0. The predicted molar refractivity (Wildman–Crippen MR) is 141 cm³/mol. The number of aliphatic hydroxyl groups excluding tert-OH is 1. The standard InChI is InChI=1S/C27H33N5O7/c1-2-39-27(38)32-15-13-31(14-16-32)26(37)21(11-12-23(34)35)30-25(36)22-18-20(10-6-7-17-33)28-24(29-22)19-8-4-3-5-9-19/h3-9,18,21,33H,2,10-17H2,1H3,(H,30,36)(H,34,35)/b7-6+. The highest BCUT2D eigenvalue weighted by Gasteiger charge is 2.31. The molecule has 1 aromatic carbocycles. The lowest BCUT2D eigenvalue weighted by atomic mass is 10.1. The lowest BCUT2D eigenvalue weighted by Crippen LogP contribution is -2.56. The van der Waals surface area contributed by atoms with Crippen LogP contribution < -0.4 is 5.32 Å². The van der Waals surface area contributed by atoms with E-state index in [-0.39, 0.29) is 57.9 Å². The Bertz CT molecular complexity index is 1180. The molecule has 1 aliphatic heterocycles. The number of benzene rings is 1. The molecule has 0 bridgehead atoms. The summed E-state index contributed by atoms with van der Waals surface area (Å²) < 4.78 is 5.01. The summed E-state index contributed by atoms with van der Waals surface area (Å²) in [4.78, 5) is 61.8. The van der Waals surface area contributed by atoms with Crippen molar-refractivity contribution in [3.63, 3.8) is 0 Å². The van der Waals surface area contributed by atoms with Crippen molar-refractivity contribution in [2.24, 2.45) is 0 Å². The number of aliphatic hydroxyl groups is 1. The van der Waals surface area contributed by atoms with E-state index in [1.807, 2.05) is 18.2 Å². The van der Waals surface area contributed by atoms with E-state index in [1.54, 1.807) is 31.2 Å². The van der Waals surface area contributed by atoms with Crippen molar-refractivity contribution < 1.29 is 34.1 Å². The van der Waals surface area contributed by atoms with E-state index in [0.29, 0.717) is 23.5 Å². The van der Waals surface area contributed by atoms with Gasteiger partial charge in [-0.25, -0.2) is 14.8 Å². The number of hydrogen-bond acceptors (Lipinski definition) is 8. The lowest BCUT2D eigenvalue weighted by molar-refractivity contribution is -0.138. The molecule has 3 N–H and O–H groups in total. The fourth-order valence-corrected chi connectivity index (χ4v) is 4.02. The number of hydrogen-bond donors (Lipinski definition) is 3. The third-order valence-electron chi connectivity index (χ3n) is 6.01. The van der Waals surface area contributed by atoms with Gasteiger partial charge in [0.05, 0.1) is 13.2 Å². The van der Waals surface area contributed by atoms with Crippen molar-refractivity contribution in [3.8, 4) is 11.4 Å². The maximum absolute atomic E-state index is 13.3. The number of carbonyl (C=O) groups is 4. The third-order valence-corrected chi connectivity index (χ3v) is 6.01. The zero-order valence-corrected chi connectivity index (χ0v) is 21.8. The quantitative estimate of drug-likeness (QED) is 0.359. The maximum Gasteiger partial charge on any atom is 0.409 e. The minimum Gasteiger partial charge on any atom is -0.481 e. The van der Waals surface area contributed by atoms with Gasteiger partial charge in [-0.15, -0.1) is 0 Å². The van der Waals surface area contributed by atoms with E-state index in [0.717, 1.165) is 0 Å². The first-order valence-corrected chi connectivity index (χ1v) is 12.7. The molecule has 39 heavy (non-hydrogen) atoms. The van der Waals surface area contributed by atoms with Gasteiger partial charge < -0.3 is 30.1 Å². The normalized spacial score (nSPS) is 14.2. The van der Waals surface area contributed by atoms with E-state index >= 15 is 0 Å². The smallest absolute Gasteiger partial charge is 0.409 e. The van der Waals surface area contributed by atoms with E-state index < -0.39 is 29.9 Å². The zero-order chi connectivity index (χ0) is 28.2. The highest BCUT2D eigenvalue weighted by molar-refractivity contribution is 5.96. The summed E-state index contributed by atoms with van der Waals surface area (Å²) in [5, 5.41) is 20.9. The van der Waals surface area contributed by atoms with Gasteiger partial charge in [-0.2, -0.15) is 0 Å². The molecule has 1 atom stereocenters. The molecule has 12 nitrogen and oxygen atoms in total. The van der Waals surface area contributed by atoms with E-state index in [4.69, 9.17) is 9.84 Å². The molecule has 1 saturated heterocycles. The van der Waals surface area contributed by atoms with Crippen LogP contribution in [0.3, 0.4) is 0 Å². The molecule has 0 radical (unpaired) electrons. The van der Waals surface area contributed by atoms with Crippen molar-refractivity contribution in [2.75, 3.05) is 39.4 Å². The number of nitrogens with zero attached hydrogens (tertiary/aromatic N) is 4. The second-order valence-corrected chi connectivity index (χ2v) is 8.76. The van der Waals surface area contributed by atoms with Gasteiger partial charge in [-0.05, 0) is 19.4 Å². The molecular formula is C27H33N5O7. The summed E-state index contributed by atoms with van der Waals surface area (Å²) >= 11 is 0. The van der Waals surface area contributed by atoms with Crippen LogP contribution in [0.2, 0.25) is 0 Å². The Morgan fingerprint density at radius 3 is 2.38 bits per heavy atom. The first kappa shape index (κ1) is 29.2. The molecule has 3 amide bonds. The topological polar surface area (TPSA) is 162 Å². The van der Waals surface area contributed by atoms with Crippen LogP contribution in [-0.4, -0.2) is 99.3 Å². The number of rotatable bonds is 11. The monoisotopic (exact) mass is 539 g/mol. The molecule has 0 spiro atoms. The van der Waals surface area contributed by atoms with Crippen molar-refractivity contribution in [1.29, 1.82) is 0 Å². The van der Waals surface area contributed by atoms with Gasteiger partial charge in [0, 0.05) is 50.3 Å². The van der Waals surface area contributed by atoms with Crippen LogP contribution in [0.15, 0.2) is 48.6 Å². The predicted octanol–water partition coefficient (Wildman–Crippen LogP) is 1.50. The summed E-state index contributed by atoms with van der Waals surface area (Å²) in [6, 6.07) is 9.49. The van der Waals surface area contributed by atoms with Gasteiger partial charge in [0.1, 0.15) is 11.7 Å². The summed E-state index contributed by atoms with van der Waals surface area (Å²) in [5.74, 6) is -1.85. The fourth-order valence-electron chi connectivity index (χ4n) is 4.02. The van der Waals surface area contributed by atoms with Gasteiger partial charge in [0.25, 0.3) is 5.91 Å². The number of carboxylic acid groups (broad SMARTS) is 1. The first-order valence-electron chi connectivity index (χ1n) is 12.7. The van der Waals surface area contributed by atoms with Crippen LogP contribution in [0.25, 0.3) is 11.4 Å². The number of aliphatic carboxylic acids is 1. The van der Waals surface area contributed by atoms with Gasteiger partial charge in [0.15, 0.2) is 5.82 Å². The molecule has 208 valence electrons. The number of amides is 3. The number of nitrogens with one attached hydrogen (secondary N) is 1. The van der Waals surface area contributed by atoms with Crippen molar-refractivity contribution in [2.45, 2.75) is 32.2 Å². The van der Waals surface area contributed by atoms with Gasteiger partial charge in [-0.1, -0.05) is 42.5 Å². The first-order chi connectivity index (χ1) is 18.8. The zero-order valence-electron chi connectivity index (χ0n) is 21.8. The van der Waals surface area contributed by atoms with Crippen LogP contribution in [0, 0.1) is 0 Å². The Morgan fingerprint density at radius 2 is 1.74 bits per heavy atom. The Kier molecular flexibility index (Phi) is 10.9. The molecule has 3 rings (SSSR count). The maximum atomic E-state index is 13.3. The average Bonchev–Trinajstić information content (AvgIpc) is 2.95. The number of ether oxygens (including phenoxy) is 1. The Hall–Kier alpha value is -4.32. The second-order valence-electron chi connectivity index (χ2n) is 8.76. The van der Waals surface area contributed by atoms with Crippen molar-refractivity contribution >= 4 is 23.9 Å². The van der Waals surface area contributed by atoms with Crippen molar-refractivity contribution in [1.82, 2.24) is 25.1 Å². The molecule has 0 aliphatic carbocycles. The Labute approximate surface area is 226 Å². The van der Waals surface area contributed by atoms with Crippen LogP contribution in [0.1, 0.15) is 35.9 Å². The largest absolute Gasteiger partial charge is 0.481 e. The molecule has 1 unspecified atom stereocenters. The molecule has 2 aromatic rings. The molecule has 1 aromatic heterocycles. The van der Waals surface area contributed by atoms with E-state index in [1.165, 1.54) is 15.9 Å². The highest BCUT2D eigenvalue weighted by atomic mass is 16.6. The second kappa shape index (κ2) is 14.6. The molecule has 0 saturated carbocycles. The number of aromatic nitrogens is 2. The summed E-state index contributed by atoms with van der Waals surface area (Å²) in [6.07, 6.45) is 2.73.